The normalized spacial score (nSPS) is 14.3. The van der Waals surface area contributed by atoms with Gasteiger partial charge in [0.25, 0.3) is 0 Å². The van der Waals surface area contributed by atoms with Gasteiger partial charge in [0.2, 0.25) is 0 Å². The van der Waals surface area contributed by atoms with Crippen LogP contribution >= 0.6 is 27.3 Å². The van der Waals surface area contributed by atoms with Crippen LogP contribution in [-0.2, 0) is 0 Å². The van der Waals surface area contributed by atoms with Crippen LogP contribution in [0.4, 0.5) is 0 Å². The maximum Gasteiger partial charge on any atom is 0.190 e. The minimum absolute atomic E-state index is 0.0517. The zero-order valence-electron chi connectivity index (χ0n) is 11.7. The molecule has 0 amide bonds. The van der Waals surface area contributed by atoms with Crippen molar-refractivity contribution in [3.63, 3.8) is 0 Å². The van der Waals surface area contributed by atoms with Crippen molar-refractivity contribution in [2.24, 2.45) is 0 Å². The zero-order valence-corrected chi connectivity index (χ0v) is 14.1. The minimum Gasteiger partial charge on any atom is -0.293 e. The number of thiophene rings is 1. The monoisotopic (exact) mass is 374 g/mol. The summed E-state index contributed by atoms with van der Waals surface area (Å²) in [4.78, 5) is 37.9. The maximum atomic E-state index is 12.6. The molecule has 0 N–H and O–H groups in total. The highest BCUT2D eigenvalue weighted by molar-refractivity contribution is 9.10. The molecule has 0 aliphatic heterocycles. The molecular weight excluding hydrogens is 364 g/mol. The second-order valence-electron chi connectivity index (χ2n) is 5.01. The Morgan fingerprint density at radius 3 is 2.32 bits per heavy atom. The minimum atomic E-state index is -0.228. The lowest BCUT2D eigenvalue weighted by Gasteiger charge is -2.18. The highest BCUT2D eigenvalue weighted by Gasteiger charge is 2.31. The average molecular weight is 375 g/mol. The van der Waals surface area contributed by atoms with E-state index < -0.39 is 0 Å². The molecule has 0 unspecified atom stereocenters. The van der Waals surface area contributed by atoms with Crippen LogP contribution in [-0.4, -0.2) is 17.3 Å². The number of fused-ring (bicyclic) bond motifs is 1. The van der Waals surface area contributed by atoms with Crippen LogP contribution < -0.4 is 0 Å². The number of rotatable bonds is 3. The molecule has 110 valence electrons. The van der Waals surface area contributed by atoms with Gasteiger partial charge in [-0.3, -0.25) is 14.4 Å². The Kier molecular flexibility index (Phi) is 3.93. The molecule has 1 aliphatic rings. The summed E-state index contributed by atoms with van der Waals surface area (Å²) in [5, 5.41) is 1.81. The smallest absolute Gasteiger partial charge is 0.190 e. The number of ketones is 3. The third-order valence-electron chi connectivity index (χ3n) is 3.69. The Labute approximate surface area is 139 Å². The van der Waals surface area contributed by atoms with Crippen LogP contribution in [0.1, 0.15) is 43.7 Å². The Morgan fingerprint density at radius 2 is 1.73 bits per heavy atom. The van der Waals surface area contributed by atoms with Gasteiger partial charge in [-0.05, 0) is 34.3 Å². The van der Waals surface area contributed by atoms with Crippen LogP contribution in [0.15, 0.2) is 51.3 Å². The molecule has 1 heterocycles. The van der Waals surface area contributed by atoms with Gasteiger partial charge in [0.05, 0.1) is 4.88 Å². The molecule has 1 aliphatic carbocycles. The van der Waals surface area contributed by atoms with Crippen molar-refractivity contribution < 1.29 is 14.4 Å². The molecule has 3 nitrogen and oxygen atoms in total. The van der Waals surface area contributed by atoms with E-state index in [1.54, 1.807) is 37.3 Å². The fourth-order valence-corrected chi connectivity index (χ4v) is 4.03. The molecule has 0 saturated carbocycles. The summed E-state index contributed by atoms with van der Waals surface area (Å²) >= 11 is 4.64. The van der Waals surface area contributed by atoms with Gasteiger partial charge in [-0.2, -0.15) is 0 Å². The molecule has 0 saturated heterocycles. The van der Waals surface area contributed by atoms with E-state index in [1.165, 1.54) is 11.3 Å². The highest BCUT2D eigenvalue weighted by Crippen LogP contribution is 2.31. The summed E-state index contributed by atoms with van der Waals surface area (Å²) in [6.07, 6.45) is -0.0517. The van der Waals surface area contributed by atoms with E-state index in [9.17, 15) is 14.4 Å². The molecule has 1 aromatic carbocycles. The van der Waals surface area contributed by atoms with Crippen molar-refractivity contribution in [3.8, 4) is 0 Å². The zero-order chi connectivity index (χ0) is 15.9. The Bertz CT molecular complexity index is 845. The SMILES string of the molecule is CC1=C(CC(=O)c2sccc2Br)C(=O)c2ccccc2C1=O. The van der Waals surface area contributed by atoms with E-state index in [0.29, 0.717) is 27.2 Å². The summed E-state index contributed by atoms with van der Waals surface area (Å²) in [7, 11) is 0. The van der Waals surface area contributed by atoms with Gasteiger partial charge in [-0.15, -0.1) is 11.3 Å². The number of carbonyl (C=O) groups excluding carboxylic acids is 3. The van der Waals surface area contributed by atoms with Crippen molar-refractivity contribution in [2.45, 2.75) is 13.3 Å². The predicted octanol–water partition coefficient (Wildman–Crippen LogP) is 4.48. The van der Waals surface area contributed by atoms with Gasteiger partial charge in [-0.25, -0.2) is 0 Å². The Balaban J connectivity index is 1.99. The van der Waals surface area contributed by atoms with Crippen molar-refractivity contribution in [1.29, 1.82) is 0 Å². The fraction of sp³-hybridized carbons (Fsp3) is 0.118. The van der Waals surface area contributed by atoms with Crippen molar-refractivity contribution in [1.82, 2.24) is 0 Å². The van der Waals surface area contributed by atoms with Crippen LogP contribution in [0.5, 0.6) is 0 Å². The lowest BCUT2D eigenvalue weighted by Crippen LogP contribution is -2.22. The molecule has 2 aromatic rings. The van der Waals surface area contributed by atoms with Gasteiger partial charge in [0.1, 0.15) is 0 Å². The van der Waals surface area contributed by atoms with E-state index in [-0.39, 0.29) is 23.8 Å². The molecule has 3 rings (SSSR count). The third-order valence-corrected chi connectivity index (χ3v) is 5.57. The summed E-state index contributed by atoms with van der Waals surface area (Å²) in [5.74, 6) is -0.561. The summed E-state index contributed by atoms with van der Waals surface area (Å²) in [5.41, 5.74) is 1.46. The molecule has 22 heavy (non-hydrogen) atoms. The number of carbonyl (C=O) groups is 3. The van der Waals surface area contributed by atoms with E-state index in [0.717, 1.165) is 4.47 Å². The van der Waals surface area contributed by atoms with Crippen molar-refractivity contribution >= 4 is 44.6 Å². The first-order chi connectivity index (χ1) is 10.5. The van der Waals surface area contributed by atoms with Crippen LogP contribution in [0, 0.1) is 0 Å². The fourth-order valence-electron chi connectivity index (χ4n) is 2.50. The van der Waals surface area contributed by atoms with E-state index in [2.05, 4.69) is 15.9 Å². The van der Waals surface area contributed by atoms with Gasteiger partial charge >= 0.3 is 0 Å². The number of Topliss-reactive ketones (excluding diaryl/α,β-unsaturated/α-hetero) is 3. The van der Waals surface area contributed by atoms with E-state index >= 15 is 0 Å². The molecule has 0 spiro atoms. The van der Waals surface area contributed by atoms with Gasteiger partial charge in [-0.1, -0.05) is 24.3 Å². The largest absolute Gasteiger partial charge is 0.293 e. The molecule has 0 fully saturated rings. The molecule has 0 atom stereocenters. The van der Waals surface area contributed by atoms with Gasteiger partial charge in [0, 0.05) is 33.2 Å². The first-order valence-electron chi connectivity index (χ1n) is 6.65. The first-order valence-corrected chi connectivity index (χ1v) is 8.32. The lowest BCUT2D eigenvalue weighted by atomic mass is 9.83. The van der Waals surface area contributed by atoms with Crippen molar-refractivity contribution in [3.05, 3.63) is 67.3 Å². The van der Waals surface area contributed by atoms with Crippen LogP contribution in [0.25, 0.3) is 0 Å². The number of hydrogen-bond acceptors (Lipinski definition) is 4. The number of benzene rings is 1. The summed E-state index contributed by atoms with van der Waals surface area (Å²) in [6.45, 7) is 1.61. The molecule has 1 aromatic heterocycles. The summed E-state index contributed by atoms with van der Waals surface area (Å²) < 4.78 is 0.718. The number of allylic oxidation sites excluding steroid dienone is 2. The molecule has 0 radical (unpaired) electrons. The van der Waals surface area contributed by atoms with Gasteiger partial charge in [0.15, 0.2) is 17.3 Å². The summed E-state index contributed by atoms with van der Waals surface area (Å²) in [6, 6.07) is 8.53. The molecule has 0 bridgehead atoms. The number of halogens is 1. The van der Waals surface area contributed by atoms with Crippen molar-refractivity contribution in [2.75, 3.05) is 0 Å². The quantitative estimate of drug-likeness (QED) is 0.744. The first kappa shape index (κ1) is 15.1. The van der Waals surface area contributed by atoms with Crippen LogP contribution in [0.2, 0.25) is 0 Å². The topological polar surface area (TPSA) is 51.2 Å². The molecule has 5 heteroatoms. The maximum absolute atomic E-state index is 12.6. The highest BCUT2D eigenvalue weighted by atomic mass is 79.9. The van der Waals surface area contributed by atoms with Crippen LogP contribution in [0.3, 0.4) is 0 Å². The standard InChI is InChI=1S/C17H11BrO3S/c1-9-12(8-14(19)17-13(18)6-7-22-17)16(21)11-5-3-2-4-10(11)15(9)20/h2-7H,8H2,1H3. The predicted molar refractivity (Wildman–Crippen MR) is 88.8 cm³/mol. The van der Waals surface area contributed by atoms with E-state index in [4.69, 9.17) is 0 Å². The average Bonchev–Trinajstić information content (AvgIpc) is 2.95. The second-order valence-corrected chi connectivity index (χ2v) is 6.78. The Hall–Kier alpha value is -1.85. The van der Waals surface area contributed by atoms with Gasteiger partial charge < -0.3 is 0 Å². The molecular formula is C17H11BrO3S. The number of hydrogen-bond donors (Lipinski definition) is 0. The lowest BCUT2D eigenvalue weighted by molar-refractivity contribution is 0.0944. The Morgan fingerprint density at radius 1 is 1.09 bits per heavy atom. The van der Waals surface area contributed by atoms with E-state index in [1.807, 2.05) is 5.38 Å². The third kappa shape index (κ3) is 2.40. The second kappa shape index (κ2) is 5.74.